The molecule has 23 heavy (non-hydrogen) atoms. The molecule has 6 nitrogen and oxygen atoms in total. The molecule has 8 heteroatoms. The third-order valence-corrected chi connectivity index (χ3v) is 7.32. The lowest BCUT2D eigenvalue weighted by Crippen LogP contribution is -2.37. The van der Waals surface area contributed by atoms with Gasteiger partial charge in [0.1, 0.15) is 9.97 Å². The van der Waals surface area contributed by atoms with Gasteiger partial charge in [-0.05, 0) is 31.0 Å². The van der Waals surface area contributed by atoms with Crippen molar-refractivity contribution >= 4 is 27.3 Å². The predicted molar refractivity (Wildman–Crippen MR) is 85.0 cm³/mol. The minimum Gasteiger partial charge on any atom is -0.478 e. The van der Waals surface area contributed by atoms with Crippen molar-refractivity contribution in [1.29, 1.82) is 0 Å². The van der Waals surface area contributed by atoms with Crippen LogP contribution in [0.5, 0.6) is 0 Å². The zero-order valence-corrected chi connectivity index (χ0v) is 14.0. The van der Waals surface area contributed by atoms with E-state index >= 15 is 0 Å². The molecule has 1 aliphatic carbocycles. The number of carbonyl (C=O) groups is 1. The van der Waals surface area contributed by atoms with Gasteiger partial charge in [-0.3, -0.25) is 0 Å². The van der Waals surface area contributed by atoms with Crippen molar-refractivity contribution in [3.63, 3.8) is 0 Å². The van der Waals surface area contributed by atoms with E-state index in [1.807, 2.05) is 0 Å². The highest BCUT2D eigenvalue weighted by Gasteiger charge is 2.35. The largest absolute Gasteiger partial charge is 0.478 e. The standard InChI is InChI=1S/C15H17NO5S2/c17-15(18)11-8-14(22-10-11)23(19,20)16(12-4-1-2-5-12)9-13-6-3-7-21-13/h3,6-8,10,12H,1-2,4-5,9H2,(H,17,18). The van der Waals surface area contributed by atoms with Crippen molar-refractivity contribution < 1.29 is 22.7 Å². The fourth-order valence-electron chi connectivity index (χ4n) is 2.84. The summed E-state index contributed by atoms with van der Waals surface area (Å²) in [6.45, 7) is 0.167. The number of hydrogen-bond acceptors (Lipinski definition) is 5. The van der Waals surface area contributed by atoms with E-state index in [-0.39, 0.29) is 22.4 Å². The lowest BCUT2D eigenvalue weighted by molar-refractivity contribution is 0.0697. The molecule has 2 aromatic rings. The molecule has 0 atom stereocenters. The van der Waals surface area contributed by atoms with Crippen molar-refractivity contribution in [3.05, 3.63) is 41.2 Å². The van der Waals surface area contributed by atoms with Crippen LogP contribution in [0.4, 0.5) is 0 Å². The van der Waals surface area contributed by atoms with Gasteiger partial charge >= 0.3 is 5.97 Å². The van der Waals surface area contributed by atoms with Crippen LogP contribution < -0.4 is 0 Å². The maximum absolute atomic E-state index is 13.0. The van der Waals surface area contributed by atoms with Crippen LogP contribution in [-0.4, -0.2) is 29.8 Å². The van der Waals surface area contributed by atoms with Gasteiger partial charge in [0, 0.05) is 11.4 Å². The first kappa shape index (κ1) is 16.2. The molecule has 0 bridgehead atoms. The number of carboxylic acids is 1. The van der Waals surface area contributed by atoms with Crippen LogP contribution in [0, 0.1) is 0 Å². The van der Waals surface area contributed by atoms with Gasteiger partial charge in [0.05, 0.1) is 18.4 Å². The van der Waals surface area contributed by atoms with Gasteiger partial charge in [-0.15, -0.1) is 11.3 Å². The summed E-state index contributed by atoms with van der Waals surface area (Å²) in [5.74, 6) is -0.545. The Hall–Kier alpha value is -1.64. The molecule has 2 heterocycles. The molecule has 1 aliphatic rings. The van der Waals surface area contributed by atoms with Gasteiger partial charge in [0.15, 0.2) is 0 Å². The monoisotopic (exact) mass is 355 g/mol. The second-order valence-corrected chi connectivity index (χ2v) is 8.56. The molecule has 0 aliphatic heterocycles. The summed E-state index contributed by atoms with van der Waals surface area (Å²) in [6, 6.07) is 4.63. The number of hydrogen-bond donors (Lipinski definition) is 1. The zero-order chi connectivity index (χ0) is 16.4. The van der Waals surface area contributed by atoms with E-state index in [2.05, 4.69) is 0 Å². The summed E-state index contributed by atoms with van der Waals surface area (Å²) in [6.07, 6.45) is 5.15. The normalized spacial score (nSPS) is 16.2. The van der Waals surface area contributed by atoms with E-state index in [9.17, 15) is 13.2 Å². The quantitative estimate of drug-likeness (QED) is 0.860. The molecule has 124 valence electrons. The Balaban J connectivity index is 1.94. The molecular formula is C15H17NO5S2. The van der Waals surface area contributed by atoms with Crippen molar-refractivity contribution in [2.75, 3.05) is 0 Å². The van der Waals surface area contributed by atoms with E-state index in [1.54, 1.807) is 12.1 Å². The van der Waals surface area contributed by atoms with E-state index < -0.39 is 16.0 Å². The molecule has 2 aromatic heterocycles. The van der Waals surface area contributed by atoms with Gasteiger partial charge < -0.3 is 9.52 Å². The van der Waals surface area contributed by atoms with Crippen LogP contribution in [0.1, 0.15) is 41.8 Å². The number of thiophene rings is 1. The molecule has 0 saturated heterocycles. The highest BCUT2D eigenvalue weighted by atomic mass is 32.2. The van der Waals surface area contributed by atoms with E-state index in [0.717, 1.165) is 37.0 Å². The third-order valence-electron chi connectivity index (χ3n) is 4.01. The predicted octanol–water partition coefficient (Wildman–Crippen LogP) is 3.17. The molecule has 1 fully saturated rings. The van der Waals surface area contributed by atoms with E-state index in [0.29, 0.717) is 5.76 Å². The topological polar surface area (TPSA) is 87.8 Å². The molecular weight excluding hydrogens is 338 g/mol. The van der Waals surface area contributed by atoms with Crippen LogP contribution in [-0.2, 0) is 16.6 Å². The number of aromatic carboxylic acids is 1. The zero-order valence-electron chi connectivity index (χ0n) is 12.3. The van der Waals surface area contributed by atoms with Crippen LogP contribution in [0.2, 0.25) is 0 Å². The van der Waals surface area contributed by atoms with Crippen LogP contribution >= 0.6 is 11.3 Å². The highest BCUT2D eigenvalue weighted by molar-refractivity contribution is 7.91. The van der Waals surface area contributed by atoms with Gasteiger partial charge in [-0.25, -0.2) is 13.2 Å². The summed E-state index contributed by atoms with van der Waals surface area (Å²) in [5, 5.41) is 10.4. The van der Waals surface area contributed by atoms with Crippen LogP contribution in [0.3, 0.4) is 0 Å². The number of sulfonamides is 1. The first-order chi connectivity index (χ1) is 11.0. The Labute approximate surface area is 138 Å². The summed E-state index contributed by atoms with van der Waals surface area (Å²) >= 11 is 0.943. The van der Waals surface area contributed by atoms with Gasteiger partial charge in [0.25, 0.3) is 10.0 Å². The lowest BCUT2D eigenvalue weighted by atomic mass is 10.2. The minimum absolute atomic E-state index is 0.00190. The Kier molecular flexibility index (Phi) is 4.56. The summed E-state index contributed by atoms with van der Waals surface area (Å²) in [7, 11) is -3.74. The number of rotatable bonds is 6. The van der Waals surface area contributed by atoms with Gasteiger partial charge in [-0.2, -0.15) is 4.31 Å². The van der Waals surface area contributed by atoms with E-state index in [4.69, 9.17) is 9.52 Å². The summed E-state index contributed by atoms with van der Waals surface area (Å²) in [5.41, 5.74) is -0.00190. The molecule has 0 spiro atoms. The smallest absolute Gasteiger partial charge is 0.336 e. The average molecular weight is 355 g/mol. The maximum atomic E-state index is 13.0. The van der Waals surface area contributed by atoms with Crippen molar-refractivity contribution in [2.24, 2.45) is 0 Å². The van der Waals surface area contributed by atoms with Crippen LogP contribution in [0.25, 0.3) is 0 Å². The molecule has 0 radical (unpaired) electrons. The van der Waals surface area contributed by atoms with Crippen molar-refractivity contribution in [1.82, 2.24) is 4.31 Å². The molecule has 1 saturated carbocycles. The fraction of sp³-hybridized carbons (Fsp3) is 0.400. The fourth-order valence-corrected chi connectivity index (χ4v) is 5.77. The first-order valence-corrected chi connectivity index (χ1v) is 9.66. The minimum atomic E-state index is -3.74. The SMILES string of the molecule is O=C(O)c1csc(S(=O)(=O)N(Cc2ccco2)C2CCCC2)c1. The average Bonchev–Trinajstić information content (AvgIpc) is 3.24. The molecule has 3 rings (SSSR count). The van der Waals surface area contributed by atoms with E-state index in [1.165, 1.54) is 22.0 Å². The molecule has 0 aromatic carbocycles. The third kappa shape index (κ3) is 3.34. The van der Waals surface area contributed by atoms with Crippen LogP contribution in [0.15, 0.2) is 38.5 Å². The van der Waals surface area contributed by atoms with Crippen molar-refractivity contribution in [3.8, 4) is 0 Å². The van der Waals surface area contributed by atoms with Crippen molar-refractivity contribution in [2.45, 2.75) is 42.5 Å². The maximum Gasteiger partial charge on any atom is 0.336 e. The number of furan rings is 1. The number of carboxylic acid groups (broad SMARTS) is 1. The molecule has 0 amide bonds. The summed E-state index contributed by atoms with van der Waals surface area (Å²) < 4.78 is 32.8. The van der Waals surface area contributed by atoms with Gasteiger partial charge in [0.2, 0.25) is 0 Å². The first-order valence-electron chi connectivity index (χ1n) is 7.34. The Morgan fingerprint density at radius 3 is 2.70 bits per heavy atom. The van der Waals surface area contributed by atoms with Gasteiger partial charge in [-0.1, -0.05) is 12.8 Å². The number of nitrogens with zero attached hydrogens (tertiary/aromatic N) is 1. The highest BCUT2D eigenvalue weighted by Crippen LogP contribution is 2.32. The second-order valence-electron chi connectivity index (χ2n) is 5.53. The molecule has 0 unspecified atom stereocenters. The Morgan fingerprint density at radius 1 is 1.39 bits per heavy atom. The Morgan fingerprint density at radius 2 is 2.13 bits per heavy atom. The second kappa shape index (κ2) is 6.46. The molecule has 1 N–H and O–H groups in total. The lowest BCUT2D eigenvalue weighted by Gasteiger charge is -2.26. The Bertz CT molecular complexity index is 773. The summed E-state index contributed by atoms with van der Waals surface area (Å²) in [4.78, 5) is 11.0.